The number of nitrogens with two attached hydrogens (primary N) is 1. The van der Waals surface area contributed by atoms with Crippen LogP contribution in [0.2, 0.25) is 0 Å². The van der Waals surface area contributed by atoms with Gasteiger partial charge in [-0.15, -0.1) is 0 Å². The van der Waals surface area contributed by atoms with Gasteiger partial charge in [0.15, 0.2) is 0 Å². The number of nitrogens with zero attached hydrogens (tertiary/aromatic N) is 1. The minimum Gasteiger partial charge on any atom is -0.327 e. The number of likely N-dealkylation sites (N-methyl/N-ethyl adjacent to an activating group) is 1. The smallest absolute Gasteiger partial charge is 0.0323 e. The zero-order valence-electron chi connectivity index (χ0n) is 10.8. The first-order valence-corrected chi connectivity index (χ1v) is 5.29. The first-order valence-electron chi connectivity index (χ1n) is 5.29. The van der Waals surface area contributed by atoms with Crippen LogP contribution >= 0.6 is 0 Å². The standard InChI is InChI=1S/C11H27N3/c1-9(12)8-13-10(2,3)11(4,5)14(6)7/h9,13H,8,12H2,1-7H3. The number of nitrogens with one attached hydrogen (secondary N) is 1. The van der Waals surface area contributed by atoms with E-state index in [1.54, 1.807) is 0 Å². The van der Waals surface area contributed by atoms with E-state index in [-0.39, 0.29) is 17.1 Å². The van der Waals surface area contributed by atoms with E-state index < -0.39 is 0 Å². The van der Waals surface area contributed by atoms with Gasteiger partial charge in [-0.05, 0) is 48.7 Å². The second-order valence-corrected chi connectivity index (χ2v) is 5.44. The van der Waals surface area contributed by atoms with Gasteiger partial charge in [0.25, 0.3) is 0 Å². The third kappa shape index (κ3) is 3.23. The lowest BCUT2D eigenvalue weighted by Gasteiger charge is -2.47. The molecule has 0 saturated heterocycles. The summed E-state index contributed by atoms with van der Waals surface area (Å²) in [6, 6.07) is 0.201. The Kier molecular flexibility index (Phi) is 4.56. The van der Waals surface area contributed by atoms with Crippen LogP contribution in [0.1, 0.15) is 34.6 Å². The summed E-state index contributed by atoms with van der Waals surface area (Å²) in [4.78, 5) is 2.24. The van der Waals surface area contributed by atoms with E-state index in [1.807, 2.05) is 6.92 Å². The Bertz CT molecular complexity index is 171. The molecule has 0 aliphatic heterocycles. The lowest BCUT2D eigenvalue weighted by Crippen LogP contribution is -2.63. The molecule has 14 heavy (non-hydrogen) atoms. The molecule has 0 radical (unpaired) electrons. The summed E-state index contributed by atoms with van der Waals surface area (Å²) in [5.74, 6) is 0. The monoisotopic (exact) mass is 201 g/mol. The van der Waals surface area contributed by atoms with E-state index in [1.165, 1.54) is 0 Å². The SMILES string of the molecule is CC(N)CNC(C)(C)C(C)(C)N(C)C. The number of hydrogen-bond acceptors (Lipinski definition) is 3. The molecule has 0 bridgehead atoms. The van der Waals surface area contributed by atoms with Gasteiger partial charge < -0.3 is 16.0 Å². The zero-order valence-corrected chi connectivity index (χ0v) is 10.8. The maximum atomic E-state index is 5.74. The van der Waals surface area contributed by atoms with E-state index in [0.717, 1.165) is 6.54 Å². The molecule has 0 heterocycles. The van der Waals surface area contributed by atoms with Crippen molar-refractivity contribution in [2.24, 2.45) is 5.73 Å². The largest absolute Gasteiger partial charge is 0.327 e. The summed E-state index contributed by atoms with van der Waals surface area (Å²) in [5.41, 5.74) is 5.89. The minimum absolute atomic E-state index is 0.0458. The van der Waals surface area contributed by atoms with Crippen molar-refractivity contribution >= 4 is 0 Å². The molecule has 0 saturated carbocycles. The maximum Gasteiger partial charge on any atom is 0.0323 e. The third-order valence-corrected chi connectivity index (χ3v) is 3.51. The van der Waals surface area contributed by atoms with Gasteiger partial charge in [0.1, 0.15) is 0 Å². The molecule has 0 rings (SSSR count). The van der Waals surface area contributed by atoms with E-state index in [4.69, 9.17) is 5.73 Å². The molecule has 1 unspecified atom stereocenters. The van der Waals surface area contributed by atoms with E-state index in [2.05, 4.69) is 52.0 Å². The molecule has 0 aliphatic rings. The Labute approximate surface area is 89.0 Å². The lowest BCUT2D eigenvalue weighted by molar-refractivity contribution is 0.0835. The summed E-state index contributed by atoms with van der Waals surface area (Å²) in [5, 5.41) is 3.51. The van der Waals surface area contributed by atoms with Crippen LogP contribution in [-0.2, 0) is 0 Å². The van der Waals surface area contributed by atoms with Crippen LogP contribution in [-0.4, -0.2) is 42.7 Å². The van der Waals surface area contributed by atoms with Gasteiger partial charge in [-0.25, -0.2) is 0 Å². The van der Waals surface area contributed by atoms with Crippen LogP contribution in [0.15, 0.2) is 0 Å². The average molecular weight is 201 g/mol. The van der Waals surface area contributed by atoms with Crippen molar-refractivity contribution in [3.05, 3.63) is 0 Å². The van der Waals surface area contributed by atoms with Crippen LogP contribution in [0.4, 0.5) is 0 Å². The van der Waals surface area contributed by atoms with E-state index in [0.29, 0.717) is 0 Å². The topological polar surface area (TPSA) is 41.3 Å². The van der Waals surface area contributed by atoms with Crippen molar-refractivity contribution in [1.29, 1.82) is 0 Å². The molecule has 0 fully saturated rings. The molecule has 3 N–H and O–H groups in total. The van der Waals surface area contributed by atoms with E-state index >= 15 is 0 Å². The first-order chi connectivity index (χ1) is 6.11. The molecule has 0 aromatic heterocycles. The minimum atomic E-state index is 0.0458. The highest BCUT2D eigenvalue weighted by Crippen LogP contribution is 2.25. The highest BCUT2D eigenvalue weighted by molar-refractivity contribution is 4.99. The molecule has 3 nitrogen and oxygen atoms in total. The molecule has 0 amide bonds. The molecule has 0 spiro atoms. The fourth-order valence-electron chi connectivity index (χ4n) is 1.19. The van der Waals surface area contributed by atoms with Crippen molar-refractivity contribution in [1.82, 2.24) is 10.2 Å². The van der Waals surface area contributed by atoms with Crippen LogP contribution in [0.3, 0.4) is 0 Å². The van der Waals surface area contributed by atoms with Crippen molar-refractivity contribution in [2.45, 2.75) is 51.7 Å². The molecule has 0 aromatic carbocycles. The molecule has 0 aromatic rings. The zero-order chi connectivity index (χ0) is 11.6. The maximum absolute atomic E-state index is 5.74. The van der Waals surface area contributed by atoms with Crippen molar-refractivity contribution in [3.8, 4) is 0 Å². The summed E-state index contributed by atoms with van der Waals surface area (Å²) in [6.07, 6.45) is 0. The fraction of sp³-hybridized carbons (Fsp3) is 1.00. The Hall–Kier alpha value is -0.120. The highest BCUT2D eigenvalue weighted by Gasteiger charge is 2.38. The van der Waals surface area contributed by atoms with Gasteiger partial charge in [0.05, 0.1) is 0 Å². The Morgan fingerprint density at radius 1 is 1.21 bits per heavy atom. The Balaban J connectivity index is 4.44. The van der Waals surface area contributed by atoms with Crippen molar-refractivity contribution in [2.75, 3.05) is 20.6 Å². The Morgan fingerprint density at radius 2 is 1.64 bits per heavy atom. The van der Waals surface area contributed by atoms with E-state index in [9.17, 15) is 0 Å². The second-order valence-electron chi connectivity index (χ2n) is 5.44. The average Bonchev–Trinajstić information content (AvgIpc) is 2.00. The summed E-state index contributed by atoms with van der Waals surface area (Å²) in [6.45, 7) is 11.8. The molecule has 1 atom stereocenters. The summed E-state index contributed by atoms with van der Waals surface area (Å²) >= 11 is 0. The van der Waals surface area contributed by atoms with Crippen LogP contribution in [0, 0.1) is 0 Å². The third-order valence-electron chi connectivity index (χ3n) is 3.51. The fourth-order valence-corrected chi connectivity index (χ4v) is 1.19. The molecule has 3 heteroatoms. The van der Waals surface area contributed by atoms with Gasteiger partial charge in [-0.2, -0.15) is 0 Å². The highest BCUT2D eigenvalue weighted by atomic mass is 15.2. The molecule has 86 valence electrons. The van der Waals surface area contributed by atoms with Gasteiger partial charge in [-0.3, -0.25) is 0 Å². The molecule has 0 aliphatic carbocycles. The normalized spacial score (nSPS) is 16.1. The predicted molar refractivity (Wildman–Crippen MR) is 63.5 cm³/mol. The van der Waals surface area contributed by atoms with Crippen LogP contribution in [0.25, 0.3) is 0 Å². The van der Waals surface area contributed by atoms with Gasteiger partial charge >= 0.3 is 0 Å². The predicted octanol–water partition coefficient (Wildman–Crippen LogP) is 1.04. The molecular formula is C11H27N3. The number of hydrogen-bond donors (Lipinski definition) is 2. The summed E-state index contributed by atoms with van der Waals surface area (Å²) in [7, 11) is 4.21. The van der Waals surface area contributed by atoms with Crippen molar-refractivity contribution in [3.63, 3.8) is 0 Å². The van der Waals surface area contributed by atoms with Crippen LogP contribution in [0.5, 0.6) is 0 Å². The van der Waals surface area contributed by atoms with Gasteiger partial charge in [-0.1, -0.05) is 0 Å². The quantitative estimate of drug-likeness (QED) is 0.698. The number of rotatable bonds is 5. The lowest BCUT2D eigenvalue weighted by atomic mass is 9.81. The Morgan fingerprint density at radius 3 is 1.93 bits per heavy atom. The van der Waals surface area contributed by atoms with Gasteiger partial charge in [0, 0.05) is 23.7 Å². The second kappa shape index (κ2) is 4.60. The van der Waals surface area contributed by atoms with Gasteiger partial charge in [0.2, 0.25) is 0 Å². The summed E-state index contributed by atoms with van der Waals surface area (Å²) < 4.78 is 0. The van der Waals surface area contributed by atoms with Crippen LogP contribution < -0.4 is 11.1 Å². The molecular weight excluding hydrogens is 174 g/mol. The first kappa shape index (κ1) is 13.9. The van der Waals surface area contributed by atoms with Crippen molar-refractivity contribution < 1.29 is 0 Å².